The fraction of sp³-hybridized carbons (Fsp3) is 0.286. The van der Waals surface area contributed by atoms with Crippen molar-refractivity contribution in [1.82, 2.24) is 0 Å². The van der Waals surface area contributed by atoms with Crippen LogP contribution in [0.1, 0.15) is 43.7 Å². The van der Waals surface area contributed by atoms with Crippen LogP contribution in [0.25, 0.3) is 0 Å². The number of hydrogen-bond donors (Lipinski definition) is 1. The second kappa shape index (κ2) is 9.92. The molecule has 4 rings (SSSR count). The maximum atomic E-state index is 13.2. The van der Waals surface area contributed by atoms with E-state index in [0.717, 1.165) is 22.5 Å². The molecule has 3 aromatic rings. The Morgan fingerprint density at radius 1 is 0.969 bits per heavy atom. The van der Waals surface area contributed by atoms with Crippen molar-refractivity contribution in [3.05, 3.63) is 102 Å². The number of nitrogens with one attached hydrogen (secondary N) is 1. The van der Waals surface area contributed by atoms with Gasteiger partial charge in [-0.2, -0.15) is 5.10 Å². The molecule has 0 aliphatic carbocycles. The molecule has 0 amide bonds. The van der Waals surface area contributed by atoms with E-state index in [4.69, 9.17) is 9.84 Å². The number of ketones is 1. The Labute approximate surface area is 190 Å². The monoisotopic (exact) mass is 426 g/mol. The van der Waals surface area contributed by atoms with Crippen molar-refractivity contribution in [2.24, 2.45) is 11.0 Å². The average molecular weight is 427 g/mol. The quantitative estimate of drug-likeness (QED) is 0.369. The van der Waals surface area contributed by atoms with Crippen molar-refractivity contribution < 1.29 is 9.53 Å². The summed E-state index contributed by atoms with van der Waals surface area (Å²) >= 11 is 0. The van der Waals surface area contributed by atoms with Crippen LogP contribution in [0, 0.1) is 5.92 Å². The SMILES string of the molecule is CC1(C)CC(=O)[C@@H]([C@@H](C/C(=N\Nc2ccccc2)c2ccccc2)c2ccccc2)CO1. The average Bonchev–Trinajstić information content (AvgIpc) is 2.81. The Morgan fingerprint density at radius 3 is 2.19 bits per heavy atom. The number of rotatable bonds is 7. The lowest BCUT2D eigenvalue weighted by Gasteiger charge is -2.37. The molecule has 1 aliphatic rings. The number of hydrogen-bond acceptors (Lipinski definition) is 4. The highest BCUT2D eigenvalue weighted by Crippen LogP contribution is 2.37. The maximum absolute atomic E-state index is 13.2. The number of carbonyl (C=O) groups is 1. The number of carbonyl (C=O) groups excluding carboxylic acids is 1. The number of benzene rings is 3. The van der Waals surface area contributed by atoms with Crippen LogP contribution in [-0.2, 0) is 9.53 Å². The predicted molar refractivity (Wildman–Crippen MR) is 130 cm³/mol. The third kappa shape index (κ3) is 5.51. The van der Waals surface area contributed by atoms with E-state index in [-0.39, 0.29) is 17.6 Å². The van der Waals surface area contributed by atoms with Gasteiger partial charge in [0.15, 0.2) is 0 Å². The minimum atomic E-state index is -0.403. The molecule has 2 atom stereocenters. The third-order valence-corrected chi connectivity index (χ3v) is 5.99. The van der Waals surface area contributed by atoms with Gasteiger partial charge in [0, 0.05) is 18.3 Å². The maximum Gasteiger partial charge on any atom is 0.141 e. The third-order valence-electron chi connectivity index (χ3n) is 5.99. The molecule has 1 aliphatic heterocycles. The zero-order valence-electron chi connectivity index (χ0n) is 18.7. The van der Waals surface area contributed by atoms with Crippen LogP contribution >= 0.6 is 0 Å². The smallest absolute Gasteiger partial charge is 0.141 e. The molecule has 0 bridgehead atoms. The molecule has 0 spiro atoms. The van der Waals surface area contributed by atoms with Crippen molar-refractivity contribution in [1.29, 1.82) is 0 Å². The molecular weight excluding hydrogens is 396 g/mol. The second-order valence-corrected chi connectivity index (χ2v) is 8.94. The van der Waals surface area contributed by atoms with E-state index in [9.17, 15) is 4.79 Å². The van der Waals surface area contributed by atoms with Crippen LogP contribution in [0.5, 0.6) is 0 Å². The summed E-state index contributed by atoms with van der Waals surface area (Å²) < 4.78 is 6.09. The number of Topliss-reactive ketones (excluding diaryl/α,β-unsaturated/α-hetero) is 1. The molecule has 3 aromatic carbocycles. The highest BCUT2D eigenvalue weighted by atomic mass is 16.5. The first-order valence-corrected chi connectivity index (χ1v) is 11.2. The molecule has 32 heavy (non-hydrogen) atoms. The molecule has 0 unspecified atom stereocenters. The van der Waals surface area contributed by atoms with Gasteiger partial charge in [0.05, 0.1) is 23.6 Å². The van der Waals surface area contributed by atoms with E-state index in [1.807, 2.05) is 80.6 Å². The van der Waals surface area contributed by atoms with E-state index in [1.54, 1.807) is 0 Å². The topological polar surface area (TPSA) is 50.7 Å². The highest BCUT2D eigenvalue weighted by Gasteiger charge is 2.39. The number of para-hydroxylation sites is 1. The first-order chi connectivity index (χ1) is 15.5. The molecule has 1 fully saturated rings. The lowest BCUT2D eigenvalue weighted by atomic mass is 9.76. The number of nitrogens with zero attached hydrogens (tertiary/aromatic N) is 1. The number of ether oxygens (including phenoxy) is 1. The fourth-order valence-corrected chi connectivity index (χ4v) is 4.25. The van der Waals surface area contributed by atoms with Gasteiger partial charge in [-0.05, 0) is 43.5 Å². The van der Waals surface area contributed by atoms with Crippen LogP contribution in [0.3, 0.4) is 0 Å². The molecule has 0 radical (unpaired) electrons. The van der Waals surface area contributed by atoms with Crippen LogP contribution < -0.4 is 5.43 Å². The van der Waals surface area contributed by atoms with Gasteiger partial charge in [0.25, 0.3) is 0 Å². The highest BCUT2D eigenvalue weighted by molar-refractivity contribution is 6.02. The van der Waals surface area contributed by atoms with Crippen LogP contribution in [0.4, 0.5) is 5.69 Å². The summed E-state index contributed by atoms with van der Waals surface area (Å²) in [7, 11) is 0. The van der Waals surface area contributed by atoms with E-state index >= 15 is 0 Å². The van der Waals surface area contributed by atoms with Gasteiger partial charge in [-0.25, -0.2) is 0 Å². The van der Waals surface area contributed by atoms with E-state index in [0.29, 0.717) is 19.4 Å². The lowest BCUT2D eigenvalue weighted by molar-refractivity contribution is -0.145. The molecule has 0 aromatic heterocycles. The van der Waals surface area contributed by atoms with Gasteiger partial charge >= 0.3 is 0 Å². The van der Waals surface area contributed by atoms with Gasteiger partial charge in [-0.3, -0.25) is 10.2 Å². The Balaban J connectivity index is 1.68. The molecule has 0 saturated carbocycles. The Hall–Kier alpha value is -3.24. The normalized spacial score (nSPS) is 19.4. The number of hydrazone groups is 1. The molecule has 164 valence electrons. The van der Waals surface area contributed by atoms with Gasteiger partial charge in [-0.15, -0.1) is 0 Å². The minimum absolute atomic E-state index is 0.0173. The zero-order valence-corrected chi connectivity index (χ0v) is 18.7. The van der Waals surface area contributed by atoms with Crippen molar-refractivity contribution in [2.75, 3.05) is 12.0 Å². The molecule has 4 heteroatoms. The van der Waals surface area contributed by atoms with E-state index < -0.39 is 5.60 Å². The summed E-state index contributed by atoms with van der Waals surface area (Å²) in [5.74, 6) is 0.0472. The van der Waals surface area contributed by atoms with Crippen molar-refractivity contribution in [3.8, 4) is 0 Å². The largest absolute Gasteiger partial charge is 0.374 e. The predicted octanol–water partition coefficient (Wildman–Crippen LogP) is 6.06. The standard InChI is InChI=1S/C28H30N2O2/c1-28(2)19-27(31)25(20-32-28)24(21-12-6-3-7-13-21)18-26(22-14-8-4-9-15-22)30-29-23-16-10-5-11-17-23/h3-17,24-25,29H,18-20H2,1-2H3/b30-26+/t24-,25+/m0/s1. The fourth-order valence-electron chi connectivity index (χ4n) is 4.25. The summed E-state index contributed by atoms with van der Waals surface area (Å²) in [5.41, 5.74) is 6.82. The second-order valence-electron chi connectivity index (χ2n) is 8.94. The first-order valence-electron chi connectivity index (χ1n) is 11.2. The zero-order chi connectivity index (χ0) is 22.4. The first kappa shape index (κ1) is 22.0. The van der Waals surface area contributed by atoms with Crippen molar-refractivity contribution in [3.63, 3.8) is 0 Å². The summed E-state index contributed by atoms with van der Waals surface area (Å²) in [6.07, 6.45) is 1.06. The van der Waals surface area contributed by atoms with Crippen molar-refractivity contribution in [2.45, 2.75) is 38.2 Å². The molecular formula is C28H30N2O2. The summed E-state index contributed by atoms with van der Waals surface area (Å²) in [5, 5.41) is 4.79. The summed E-state index contributed by atoms with van der Waals surface area (Å²) in [6.45, 7) is 4.40. The molecule has 1 N–H and O–H groups in total. The molecule has 4 nitrogen and oxygen atoms in total. The van der Waals surface area contributed by atoms with Crippen LogP contribution in [0.15, 0.2) is 96.1 Å². The molecule has 1 heterocycles. The van der Waals surface area contributed by atoms with Gasteiger partial charge in [0.2, 0.25) is 0 Å². The Bertz CT molecular complexity index is 1050. The lowest BCUT2D eigenvalue weighted by Crippen LogP contribution is -2.42. The van der Waals surface area contributed by atoms with Gasteiger partial charge in [0.1, 0.15) is 5.78 Å². The minimum Gasteiger partial charge on any atom is -0.374 e. The van der Waals surface area contributed by atoms with Crippen LogP contribution in [0.2, 0.25) is 0 Å². The molecule has 1 saturated heterocycles. The van der Waals surface area contributed by atoms with Crippen LogP contribution in [-0.4, -0.2) is 23.7 Å². The van der Waals surface area contributed by atoms with E-state index in [2.05, 4.69) is 29.7 Å². The summed E-state index contributed by atoms with van der Waals surface area (Å²) in [4.78, 5) is 13.2. The van der Waals surface area contributed by atoms with E-state index in [1.165, 1.54) is 0 Å². The van der Waals surface area contributed by atoms with Crippen molar-refractivity contribution >= 4 is 17.2 Å². The Kier molecular flexibility index (Phi) is 6.81. The van der Waals surface area contributed by atoms with Gasteiger partial charge < -0.3 is 4.74 Å². The number of anilines is 1. The summed E-state index contributed by atoms with van der Waals surface area (Å²) in [6, 6.07) is 30.3. The van der Waals surface area contributed by atoms with Gasteiger partial charge in [-0.1, -0.05) is 78.9 Å². The Morgan fingerprint density at radius 2 is 1.56 bits per heavy atom.